The third-order valence-corrected chi connectivity index (χ3v) is 3.25. The number of aliphatic imine (C=N–C) groups is 1. The first-order valence-electron chi connectivity index (χ1n) is 6.85. The summed E-state index contributed by atoms with van der Waals surface area (Å²) in [6, 6.07) is 3.91. The van der Waals surface area contributed by atoms with Crippen molar-refractivity contribution in [1.29, 1.82) is 0 Å². The van der Waals surface area contributed by atoms with Gasteiger partial charge in [-0.2, -0.15) is 0 Å². The molecule has 1 aliphatic carbocycles. The highest BCUT2D eigenvalue weighted by Crippen LogP contribution is 2.33. The smallest absolute Gasteiger partial charge is 0.190 e. The molecular weight excluding hydrogens is 226 g/mol. The van der Waals surface area contributed by atoms with Crippen LogP contribution >= 0.6 is 0 Å². The maximum absolute atomic E-state index is 5.28. The number of rotatable bonds is 7. The van der Waals surface area contributed by atoms with Gasteiger partial charge >= 0.3 is 0 Å². The summed E-state index contributed by atoms with van der Waals surface area (Å²) in [6.45, 7) is 1.85. The Hall–Kier alpha value is -1.45. The van der Waals surface area contributed by atoms with E-state index in [9.17, 15) is 0 Å². The lowest BCUT2D eigenvalue weighted by Gasteiger charge is -2.11. The summed E-state index contributed by atoms with van der Waals surface area (Å²) in [5.74, 6) is 2.91. The summed E-state index contributed by atoms with van der Waals surface area (Å²) in [5.41, 5.74) is 0. The van der Waals surface area contributed by atoms with Crippen LogP contribution in [0, 0.1) is 5.92 Å². The topological polar surface area (TPSA) is 49.6 Å². The lowest BCUT2D eigenvalue weighted by atomic mass is 10.2. The molecule has 0 spiro atoms. The maximum atomic E-state index is 5.28. The standard InChI is InChI=1S/C14H23N3O/c1-15-14(16-9-2-4-12-6-7-12)17-10-8-13-5-3-11-18-13/h3,5,11-12H,2,4,6-10H2,1H3,(H2,15,16,17). The van der Waals surface area contributed by atoms with Crippen LogP contribution in [0.1, 0.15) is 31.4 Å². The zero-order valence-corrected chi connectivity index (χ0v) is 11.1. The van der Waals surface area contributed by atoms with Gasteiger partial charge in [0.05, 0.1) is 6.26 Å². The zero-order valence-electron chi connectivity index (χ0n) is 11.1. The molecule has 4 nitrogen and oxygen atoms in total. The van der Waals surface area contributed by atoms with E-state index in [-0.39, 0.29) is 0 Å². The second-order valence-corrected chi connectivity index (χ2v) is 4.84. The van der Waals surface area contributed by atoms with Gasteiger partial charge in [0.2, 0.25) is 0 Å². The minimum Gasteiger partial charge on any atom is -0.469 e. The molecule has 1 saturated carbocycles. The fraction of sp³-hybridized carbons (Fsp3) is 0.643. The molecule has 100 valence electrons. The molecule has 4 heteroatoms. The largest absolute Gasteiger partial charge is 0.469 e. The minimum atomic E-state index is 0.843. The first kappa shape index (κ1) is 13.0. The van der Waals surface area contributed by atoms with Gasteiger partial charge in [-0.05, 0) is 30.9 Å². The summed E-state index contributed by atoms with van der Waals surface area (Å²) in [6.07, 6.45) is 8.07. The Balaban J connectivity index is 1.53. The van der Waals surface area contributed by atoms with E-state index in [0.29, 0.717) is 0 Å². The van der Waals surface area contributed by atoms with Gasteiger partial charge in [-0.3, -0.25) is 4.99 Å². The predicted octanol–water partition coefficient (Wildman–Crippen LogP) is 2.18. The van der Waals surface area contributed by atoms with E-state index in [1.807, 2.05) is 19.2 Å². The van der Waals surface area contributed by atoms with Crippen molar-refractivity contribution >= 4 is 5.96 Å². The quantitative estimate of drug-likeness (QED) is 0.442. The molecule has 18 heavy (non-hydrogen) atoms. The van der Waals surface area contributed by atoms with E-state index in [2.05, 4.69) is 15.6 Å². The van der Waals surface area contributed by atoms with Crippen molar-refractivity contribution in [2.45, 2.75) is 32.1 Å². The molecule has 0 aromatic carbocycles. The van der Waals surface area contributed by atoms with E-state index < -0.39 is 0 Å². The van der Waals surface area contributed by atoms with E-state index in [4.69, 9.17) is 4.42 Å². The Morgan fingerprint density at radius 2 is 2.22 bits per heavy atom. The van der Waals surface area contributed by atoms with E-state index >= 15 is 0 Å². The normalized spacial score (nSPS) is 15.7. The number of nitrogens with zero attached hydrogens (tertiary/aromatic N) is 1. The first-order chi connectivity index (χ1) is 8.88. The van der Waals surface area contributed by atoms with Crippen molar-refractivity contribution in [3.63, 3.8) is 0 Å². The van der Waals surface area contributed by atoms with Gasteiger partial charge in [0.15, 0.2) is 5.96 Å². The number of furan rings is 1. The SMILES string of the molecule is CN=C(NCCCC1CC1)NCCc1ccco1. The molecule has 1 aromatic heterocycles. The molecular formula is C14H23N3O. The van der Waals surface area contributed by atoms with Gasteiger partial charge in [-0.15, -0.1) is 0 Å². The Kier molecular flexibility index (Phi) is 5.12. The molecule has 1 heterocycles. The molecule has 0 amide bonds. The van der Waals surface area contributed by atoms with E-state index in [0.717, 1.165) is 37.1 Å². The highest BCUT2D eigenvalue weighted by atomic mass is 16.3. The van der Waals surface area contributed by atoms with Gasteiger partial charge in [0.1, 0.15) is 5.76 Å². The molecule has 2 rings (SSSR count). The summed E-state index contributed by atoms with van der Waals surface area (Å²) < 4.78 is 5.28. The van der Waals surface area contributed by atoms with E-state index in [1.54, 1.807) is 6.26 Å². The van der Waals surface area contributed by atoms with Gasteiger partial charge < -0.3 is 15.1 Å². The number of hydrogen-bond acceptors (Lipinski definition) is 2. The van der Waals surface area contributed by atoms with Crippen LogP contribution in [0.15, 0.2) is 27.8 Å². The van der Waals surface area contributed by atoms with Crippen molar-refractivity contribution in [3.05, 3.63) is 24.2 Å². The number of nitrogens with one attached hydrogen (secondary N) is 2. The highest BCUT2D eigenvalue weighted by Gasteiger charge is 2.19. The Morgan fingerprint density at radius 1 is 1.39 bits per heavy atom. The third-order valence-electron chi connectivity index (χ3n) is 3.25. The maximum Gasteiger partial charge on any atom is 0.190 e. The monoisotopic (exact) mass is 249 g/mol. The molecule has 0 bridgehead atoms. The van der Waals surface area contributed by atoms with Crippen molar-refractivity contribution in [1.82, 2.24) is 10.6 Å². The van der Waals surface area contributed by atoms with Crippen LogP contribution in [0.4, 0.5) is 0 Å². The summed E-state index contributed by atoms with van der Waals surface area (Å²) >= 11 is 0. The Morgan fingerprint density at radius 3 is 2.89 bits per heavy atom. The number of guanidine groups is 1. The fourth-order valence-corrected chi connectivity index (χ4v) is 1.98. The predicted molar refractivity (Wildman–Crippen MR) is 73.7 cm³/mol. The third kappa shape index (κ3) is 4.82. The van der Waals surface area contributed by atoms with Crippen LogP contribution in [0.2, 0.25) is 0 Å². The van der Waals surface area contributed by atoms with Crippen LogP contribution in [0.5, 0.6) is 0 Å². The zero-order chi connectivity index (χ0) is 12.6. The van der Waals surface area contributed by atoms with Crippen molar-refractivity contribution in [3.8, 4) is 0 Å². The highest BCUT2D eigenvalue weighted by molar-refractivity contribution is 5.79. The van der Waals surface area contributed by atoms with Gasteiger partial charge in [0, 0.05) is 26.6 Å². The molecule has 0 atom stereocenters. The van der Waals surface area contributed by atoms with Crippen molar-refractivity contribution < 1.29 is 4.42 Å². The van der Waals surface area contributed by atoms with Crippen LogP contribution in [-0.2, 0) is 6.42 Å². The molecule has 2 N–H and O–H groups in total. The average Bonchev–Trinajstić information content (AvgIpc) is 3.07. The van der Waals surface area contributed by atoms with Gasteiger partial charge in [-0.25, -0.2) is 0 Å². The van der Waals surface area contributed by atoms with Crippen LogP contribution < -0.4 is 10.6 Å². The average molecular weight is 249 g/mol. The molecule has 0 unspecified atom stereocenters. The molecule has 0 radical (unpaired) electrons. The van der Waals surface area contributed by atoms with Gasteiger partial charge in [-0.1, -0.05) is 12.8 Å². The Labute approximate surface area is 109 Å². The minimum absolute atomic E-state index is 0.843. The van der Waals surface area contributed by atoms with Crippen LogP contribution in [0.25, 0.3) is 0 Å². The fourth-order valence-electron chi connectivity index (χ4n) is 1.98. The molecule has 0 aliphatic heterocycles. The summed E-state index contributed by atoms with van der Waals surface area (Å²) in [5, 5.41) is 6.63. The lowest BCUT2D eigenvalue weighted by molar-refractivity contribution is 0.506. The summed E-state index contributed by atoms with van der Waals surface area (Å²) in [4.78, 5) is 4.20. The second kappa shape index (κ2) is 7.09. The second-order valence-electron chi connectivity index (χ2n) is 4.84. The molecule has 1 aliphatic rings. The van der Waals surface area contributed by atoms with E-state index in [1.165, 1.54) is 25.7 Å². The lowest BCUT2D eigenvalue weighted by Crippen LogP contribution is -2.38. The molecule has 1 aromatic rings. The first-order valence-corrected chi connectivity index (χ1v) is 6.85. The van der Waals surface area contributed by atoms with Crippen molar-refractivity contribution in [2.24, 2.45) is 10.9 Å². The molecule has 0 saturated heterocycles. The Bertz CT molecular complexity index is 355. The summed E-state index contributed by atoms with van der Waals surface area (Å²) in [7, 11) is 1.81. The van der Waals surface area contributed by atoms with Crippen LogP contribution in [0.3, 0.4) is 0 Å². The van der Waals surface area contributed by atoms with Gasteiger partial charge in [0.25, 0.3) is 0 Å². The number of hydrogen-bond donors (Lipinski definition) is 2. The van der Waals surface area contributed by atoms with Crippen molar-refractivity contribution in [2.75, 3.05) is 20.1 Å². The molecule has 1 fully saturated rings. The van der Waals surface area contributed by atoms with Crippen LogP contribution in [-0.4, -0.2) is 26.1 Å².